The number of halogens is 2. The molecule has 0 amide bonds. The van der Waals surface area contributed by atoms with Crippen LogP contribution in [0.2, 0.25) is 0 Å². The summed E-state index contributed by atoms with van der Waals surface area (Å²) in [5.74, 6) is -1.35. The van der Waals surface area contributed by atoms with Crippen LogP contribution in [0, 0.1) is 11.6 Å². The molecule has 2 N–H and O–H groups in total. The maximum atomic E-state index is 13.5. The van der Waals surface area contributed by atoms with Crippen molar-refractivity contribution in [3.63, 3.8) is 0 Å². The van der Waals surface area contributed by atoms with Crippen LogP contribution in [-0.4, -0.2) is 23.6 Å². The lowest BCUT2D eigenvalue weighted by molar-refractivity contribution is 0.578. The van der Waals surface area contributed by atoms with Gasteiger partial charge in [-0.15, -0.1) is 0 Å². The van der Waals surface area contributed by atoms with Gasteiger partial charge in [-0.05, 0) is 24.1 Å². The fourth-order valence-corrected chi connectivity index (χ4v) is 1.64. The van der Waals surface area contributed by atoms with Gasteiger partial charge in [0, 0.05) is 32.1 Å². The van der Waals surface area contributed by atoms with Gasteiger partial charge in [0.15, 0.2) is 23.3 Å². The van der Waals surface area contributed by atoms with Crippen LogP contribution >= 0.6 is 0 Å². The topological polar surface area (TPSA) is 49.8 Å². The third-order valence-electron chi connectivity index (χ3n) is 2.62. The van der Waals surface area contributed by atoms with E-state index in [1.165, 1.54) is 7.05 Å². The Morgan fingerprint density at radius 3 is 2.47 bits per heavy atom. The fourth-order valence-electron chi connectivity index (χ4n) is 1.64. The molecule has 2 aromatic rings. The zero-order valence-electron chi connectivity index (χ0n) is 10.5. The average Bonchev–Trinajstić information content (AvgIpc) is 2.42. The van der Waals surface area contributed by atoms with Gasteiger partial charge in [0.25, 0.3) is 0 Å². The molecule has 0 aliphatic heterocycles. The number of hydrogen-bond donors (Lipinski definition) is 2. The average molecular weight is 264 g/mol. The molecule has 0 fully saturated rings. The molecule has 2 aromatic heterocycles. The zero-order chi connectivity index (χ0) is 13.7. The van der Waals surface area contributed by atoms with Crippen LogP contribution in [0.25, 0.3) is 0 Å². The highest BCUT2D eigenvalue weighted by molar-refractivity contribution is 5.47. The van der Waals surface area contributed by atoms with E-state index in [-0.39, 0.29) is 11.6 Å². The minimum atomic E-state index is -0.709. The first-order chi connectivity index (χ1) is 9.20. The van der Waals surface area contributed by atoms with Crippen LogP contribution in [0.1, 0.15) is 5.56 Å². The highest BCUT2D eigenvalue weighted by Gasteiger charge is 2.10. The van der Waals surface area contributed by atoms with Gasteiger partial charge < -0.3 is 10.6 Å². The first-order valence-electron chi connectivity index (χ1n) is 5.87. The van der Waals surface area contributed by atoms with Crippen molar-refractivity contribution in [1.29, 1.82) is 0 Å². The van der Waals surface area contributed by atoms with E-state index in [9.17, 15) is 8.78 Å². The van der Waals surface area contributed by atoms with E-state index in [2.05, 4.69) is 20.6 Å². The SMILES string of the molecule is CNc1nc(NCCc2ccncc2)c(F)cc1F. The van der Waals surface area contributed by atoms with E-state index in [1.54, 1.807) is 12.4 Å². The molecule has 0 spiro atoms. The number of nitrogens with zero attached hydrogens (tertiary/aromatic N) is 2. The first kappa shape index (κ1) is 13.2. The number of rotatable bonds is 5. The van der Waals surface area contributed by atoms with Crippen molar-refractivity contribution >= 4 is 11.6 Å². The van der Waals surface area contributed by atoms with Crippen LogP contribution in [0.3, 0.4) is 0 Å². The third-order valence-corrected chi connectivity index (χ3v) is 2.62. The van der Waals surface area contributed by atoms with Gasteiger partial charge in [-0.25, -0.2) is 13.8 Å². The van der Waals surface area contributed by atoms with Crippen molar-refractivity contribution in [2.45, 2.75) is 6.42 Å². The number of nitrogens with one attached hydrogen (secondary N) is 2. The van der Waals surface area contributed by atoms with Crippen molar-refractivity contribution in [3.05, 3.63) is 47.8 Å². The van der Waals surface area contributed by atoms with Crippen LogP contribution in [-0.2, 0) is 6.42 Å². The van der Waals surface area contributed by atoms with Crippen LogP contribution in [0.4, 0.5) is 20.4 Å². The lowest BCUT2D eigenvalue weighted by Crippen LogP contribution is -2.10. The number of pyridine rings is 2. The zero-order valence-corrected chi connectivity index (χ0v) is 10.5. The fraction of sp³-hybridized carbons (Fsp3) is 0.231. The summed E-state index contributed by atoms with van der Waals surface area (Å²) in [7, 11) is 1.53. The highest BCUT2D eigenvalue weighted by atomic mass is 19.1. The molecular formula is C13H14F2N4. The molecule has 100 valence electrons. The van der Waals surface area contributed by atoms with Crippen molar-refractivity contribution < 1.29 is 8.78 Å². The largest absolute Gasteiger partial charge is 0.371 e. The molecule has 6 heteroatoms. The van der Waals surface area contributed by atoms with E-state index in [0.717, 1.165) is 11.6 Å². The van der Waals surface area contributed by atoms with Crippen LogP contribution < -0.4 is 10.6 Å². The molecule has 0 aliphatic rings. The summed E-state index contributed by atoms with van der Waals surface area (Å²) < 4.78 is 26.7. The van der Waals surface area contributed by atoms with Gasteiger partial charge in [0.2, 0.25) is 0 Å². The minimum absolute atomic E-state index is 0.0211. The van der Waals surface area contributed by atoms with E-state index < -0.39 is 11.6 Å². The molecule has 0 unspecified atom stereocenters. The summed E-state index contributed by atoms with van der Waals surface area (Å²) in [4.78, 5) is 7.75. The van der Waals surface area contributed by atoms with E-state index >= 15 is 0 Å². The lowest BCUT2D eigenvalue weighted by Gasteiger charge is -2.09. The second kappa shape index (κ2) is 6.08. The van der Waals surface area contributed by atoms with Crippen LogP contribution in [0.5, 0.6) is 0 Å². The van der Waals surface area contributed by atoms with Crippen molar-refractivity contribution in [2.75, 3.05) is 24.2 Å². The highest BCUT2D eigenvalue weighted by Crippen LogP contribution is 2.18. The van der Waals surface area contributed by atoms with Crippen molar-refractivity contribution in [1.82, 2.24) is 9.97 Å². The Balaban J connectivity index is 2.00. The summed E-state index contributed by atoms with van der Waals surface area (Å²) in [6.45, 7) is 0.503. The summed E-state index contributed by atoms with van der Waals surface area (Å²) in [6.07, 6.45) is 4.10. The number of anilines is 2. The van der Waals surface area contributed by atoms with Gasteiger partial charge >= 0.3 is 0 Å². The molecule has 0 bridgehead atoms. The van der Waals surface area contributed by atoms with Gasteiger partial charge in [-0.1, -0.05) is 0 Å². The minimum Gasteiger partial charge on any atom is -0.371 e. The smallest absolute Gasteiger partial charge is 0.168 e. The quantitative estimate of drug-likeness (QED) is 0.871. The Morgan fingerprint density at radius 1 is 1.11 bits per heavy atom. The summed E-state index contributed by atoms with van der Waals surface area (Å²) in [5.41, 5.74) is 1.08. The van der Waals surface area contributed by atoms with Gasteiger partial charge in [0.1, 0.15) is 0 Å². The second-order valence-electron chi connectivity index (χ2n) is 3.93. The predicted octanol–water partition coefficient (Wildman–Crippen LogP) is 2.45. The maximum Gasteiger partial charge on any atom is 0.168 e. The Bertz CT molecular complexity index is 546. The Labute approximate surface area is 109 Å². The Hall–Kier alpha value is -2.24. The standard InChI is InChI=1S/C13H14F2N4/c1-16-12-10(14)8-11(15)13(19-12)18-7-4-9-2-5-17-6-3-9/h2-3,5-6,8H,4,7H2,1H3,(H2,16,18,19). The number of aromatic nitrogens is 2. The predicted molar refractivity (Wildman–Crippen MR) is 70.1 cm³/mol. The molecule has 2 heterocycles. The van der Waals surface area contributed by atoms with Crippen LogP contribution in [0.15, 0.2) is 30.6 Å². The molecule has 0 radical (unpaired) electrons. The van der Waals surface area contributed by atoms with Gasteiger partial charge in [0.05, 0.1) is 0 Å². The van der Waals surface area contributed by atoms with Crippen molar-refractivity contribution in [3.8, 4) is 0 Å². The summed E-state index contributed by atoms with van der Waals surface area (Å²) >= 11 is 0. The third kappa shape index (κ3) is 3.37. The van der Waals surface area contributed by atoms with E-state index in [0.29, 0.717) is 13.0 Å². The molecule has 19 heavy (non-hydrogen) atoms. The molecule has 0 atom stereocenters. The first-order valence-corrected chi connectivity index (χ1v) is 5.87. The maximum absolute atomic E-state index is 13.5. The molecule has 0 saturated heterocycles. The Morgan fingerprint density at radius 2 is 1.79 bits per heavy atom. The normalized spacial score (nSPS) is 10.3. The van der Waals surface area contributed by atoms with Crippen molar-refractivity contribution in [2.24, 2.45) is 0 Å². The van der Waals surface area contributed by atoms with E-state index in [1.807, 2.05) is 12.1 Å². The second-order valence-corrected chi connectivity index (χ2v) is 3.93. The monoisotopic (exact) mass is 264 g/mol. The molecule has 0 aromatic carbocycles. The molecule has 0 aliphatic carbocycles. The molecule has 4 nitrogen and oxygen atoms in total. The summed E-state index contributed by atoms with van der Waals surface area (Å²) in [5, 5.41) is 5.42. The number of hydrogen-bond acceptors (Lipinski definition) is 4. The van der Waals surface area contributed by atoms with E-state index in [4.69, 9.17) is 0 Å². The van der Waals surface area contributed by atoms with Gasteiger partial charge in [-0.2, -0.15) is 0 Å². The molecule has 2 rings (SSSR count). The lowest BCUT2D eigenvalue weighted by atomic mass is 10.2. The molecule has 0 saturated carbocycles. The Kier molecular flexibility index (Phi) is 4.22. The summed E-state index contributed by atoms with van der Waals surface area (Å²) in [6, 6.07) is 4.58. The van der Waals surface area contributed by atoms with Gasteiger partial charge in [-0.3, -0.25) is 4.98 Å². The molecular weight excluding hydrogens is 250 g/mol.